The summed E-state index contributed by atoms with van der Waals surface area (Å²) in [6.45, 7) is 0. The summed E-state index contributed by atoms with van der Waals surface area (Å²) < 4.78 is 25.7. The molecule has 0 unspecified atom stereocenters. The Kier molecular flexibility index (Phi) is 4.29. The molecule has 0 amide bonds. The Morgan fingerprint density at radius 1 is 0.947 bits per heavy atom. The van der Waals surface area contributed by atoms with Gasteiger partial charge in [0.25, 0.3) is 0 Å². The largest absolute Gasteiger partial charge is 0.332 e. The number of halogens is 3. The minimum Gasteiger partial charge on any atom is -0.332 e. The zero-order valence-corrected chi connectivity index (χ0v) is 11.2. The maximum atomic E-state index is 13.0. The maximum Gasteiger partial charge on any atom is 0.175 e. The molecule has 0 atom stereocenters. The van der Waals surface area contributed by atoms with Crippen molar-refractivity contribution in [2.45, 2.75) is 0 Å². The van der Waals surface area contributed by atoms with Crippen LogP contribution in [0.5, 0.6) is 0 Å². The molecule has 19 heavy (non-hydrogen) atoms. The molecule has 98 valence electrons. The predicted octanol–water partition coefficient (Wildman–Crippen LogP) is 4.43. The zero-order valence-electron chi connectivity index (χ0n) is 9.58. The van der Waals surface area contributed by atoms with E-state index in [0.717, 1.165) is 0 Å². The Labute approximate surface area is 119 Å². The van der Waals surface area contributed by atoms with E-state index in [0.29, 0.717) is 16.5 Å². The average Bonchev–Trinajstić information content (AvgIpc) is 2.37. The van der Waals surface area contributed by atoms with Gasteiger partial charge < -0.3 is 10.6 Å². The van der Waals surface area contributed by atoms with Gasteiger partial charge in [-0.15, -0.1) is 0 Å². The van der Waals surface area contributed by atoms with Crippen molar-refractivity contribution in [2.75, 3.05) is 10.6 Å². The fraction of sp³-hybridized carbons (Fsp3) is 0. The molecule has 0 aliphatic heterocycles. The minimum atomic E-state index is -0.496. The van der Waals surface area contributed by atoms with Crippen LogP contribution in [-0.2, 0) is 0 Å². The van der Waals surface area contributed by atoms with Crippen LogP contribution in [0.1, 0.15) is 0 Å². The molecular formula is C13H9ClF2N2S. The molecule has 0 saturated carbocycles. The lowest BCUT2D eigenvalue weighted by Crippen LogP contribution is -2.19. The van der Waals surface area contributed by atoms with Gasteiger partial charge in [-0.25, -0.2) is 8.78 Å². The summed E-state index contributed by atoms with van der Waals surface area (Å²) in [7, 11) is 0. The molecule has 0 bridgehead atoms. The van der Waals surface area contributed by atoms with E-state index in [-0.39, 0.29) is 10.8 Å². The van der Waals surface area contributed by atoms with Crippen molar-refractivity contribution in [3.8, 4) is 0 Å². The molecule has 2 nitrogen and oxygen atoms in total. The first-order chi connectivity index (χ1) is 9.04. The lowest BCUT2D eigenvalue weighted by molar-refractivity contribution is 0.628. The van der Waals surface area contributed by atoms with Crippen molar-refractivity contribution in [1.82, 2.24) is 0 Å². The van der Waals surface area contributed by atoms with Crippen LogP contribution in [0.2, 0.25) is 5.02 Å². The second-order valence-corrected chi connectivity index (χ2v) is 4.53. The van der Waals surface area contributed by atoms with Crippen molar-refractivity contribution >= 4 is 40.3 Å². The van der Waals surface area contributed by atoms with E-state index in [1.807, 2.05) is 0 Å². The van der Waals surface area contributed by atoms with Crippen LogP contribution in [0, 0.1) is 11.6 Å². The van der Waals surface area contributed by atoms with Crippen LogP contribution in [0.25, 0.3) is 0 Å². The number of nitrogens with one attached hydrogen (secondary N) is 2. The standard InChI is InChI=1S/C13H9ClF2N2S/c14-11-7-10(5-6-12(11)16)18-13(19)17-9-3-1-8(15)2-4-9/h1-7H,(H2,17,18,19). The molecule has 0 heterocycles. The van der Waals surface area contributed by atoms with Gasteiger partial charge in [0, 0.05) is 11.4 Å². The van der Waals surface area contributed by atoms with E-state index < -0.39 is 5.82 Å². The third-order valence-electron chi connectivity index (χ3n) is 2.28. The van der Waals surface area contributed by atoms with Crippen LogP contribution >= 0.6 is 23.8 Å². The Morgan fingerprint density at radius 3 is 2.16 bits per heavy atom. The smallest absolute Gasteiger partial charge is 0.175 e. The Bertz CT molecular complexity index is 602. The highest BCUT2D eigenvalue weighted by Crippen LogP contribution is 2.19. The number of thiocarbonyl (C=S) groups is 1. The Morgan fingerprint density at radius 2 is 1.53 bits per heavy atom. The first-order valence-electron chi connectivity index (χ1n) is 5.33. The lowest BCUT2D eigenvalue weighted by atomic mass is 10.3. The van der Waals surface area contributed by atoms with Crippen LogP contribution in [0.15, 0.2) is 42.5 Å². The number of hydrogen-bond donors (Lipinski definition) is 2. The van der Waals surface area contributed by atoms with Crippen molar-refractivity contribution in [3.63, 3.8) is 0 Å². The molecular weight excluding hydrogens is 290 g/mol. The summed E-state index contributed by atoms with van der Waals surface area (Å²) in [5.74, 6) is -0.820. The molecule has 2 rings (SSSR count). The highest BCUT2D eigenvalue weighted by Gasteiger charge is 2.03. The van der Waals surface area contributed by atoms with Crippen LogP contribution in [-0.4, -0.2) is 5.11 Å². The summed E-state index contributed by atoms with van der Waals surface area (Å²) in [5, 5.41) is 6.03. The summed E-state index contributed by atoms with van der Waals surface area (Å²) in [5.41, 5.74) is 1.21. The molecule has 0 spiro atoms. The highest BCUT2D eigenvalue weighted by molar-refractivity contribution is 7.80. The molecule has 2 aromatic carbocycles. The van der Waals surface area contributed by atoms with Gasteiger partial charge in [-0.1, -0.05) is 11.6 Å². The second kappa shape index (κ2) is 5.95. The van der Waals surface area contributed by atoms with E-state index in [4.69, 9.17) is 23.8 Å². The summed E-state index contributed by atoms with van der Waals surface area (Å²) in [6, 6.07) is 9.93. The molecule has 0 aliphatic rings. The quantitative estimate of drug-likeness (QED) is 0.802. The summed E-state index contributed by atoms with van der Waals surface area (Å²) in [6.07, 6.45) is 0. The number of anilines is 2. The number of benzene rings is 2. The van der Waals surface area contributed by atoms with Gasteiger partial charge in [0.15, 0.2) is 5.11 Å². The van der Waals surface area contributed by atoms with Gasteiger partial charge in [0.2, 0.25) is 0 Å². The van der Waals surface area contributed by atoms with E-state index in [2.05, 4.69) is 10.6 Å². The van der Waals surface area contributed by atoms with Gasteiger partial charge in [-0.05, 0) is 54.7 Å². The third-order valence-corrected chi connectivity index (χ3v) is 2.77. The Hall–Kier alpha value is -1.72. The molecule has 0 fully saturated rings. The summed E-state index contributed by atoms with van der Waals surface area (Å²) in [4.78, 5) is 0. The van der Waals surface area contributed by atoms with Crippen molar-refractivity contribution in [2.24, 2.45) is 0 Å². The molecule has 6 heteroatoms. The van der Waals surface area contributed by atoms with Crippen molar-refractivity contribution < 1.29 is 8.78 Å². The van der Waals surface area contributed by atoms with Crippen molar-refractivity contribution in [3.05, 3.63) is 59.1 Å². The van der Waals surface area contributed by atoms with E-state index >= 15 is 0 Å². The number of hydrogen-bond acceptors (Lipinski definition) is 1. The molecule has 0 aromatic heterocycles. The topological polar surface area (TPSA) is 24.1 Å². The lowest BCUT2D eigenvalue weighted by Gasteiger charge is -2.10. The fourth-order valence-corrected chi connectivity index (χ4v) is 1.82. The molecule has 0 saturated heterocycles. The van der Waals surface area contributed by atoms with E-state index in [1.54, 1.807) is 12.1 Å². The monoisotopic (exact) mass is 298 g/mol. The molecule has 2 aromatic rings. The molecule has 0 radical (unpaired) electrons. The van der Waals surface area contributed by atoms with E-state index in [9.17, 15) is 8.78 Å². The van der Waals surface area contributed by atoms with Crippen LogP contribution in [0.4, 0.5) is 20.2 Å². The zero-order chi connectivity index (χ0) is 13.8. The first-order valence-corrected chi connectivity index (χ1v) is 6.12. The van der Waals surface area contributed by atoms with E-state index in [1.165, 1.54) is 30.3 Å². The Balaban J connectivity index is 2.01. The fourth-order valence-electron chi connectivity index (χ4n) is 1.40. The van der Waals surface area contributed by atoms with Gasteiger partial charge in [0.05, 0.1) is 5.02 Å². The number of rotatable bonds is 2. The maximum absolute atomic E-state index is 13.0. The van der Waals surface area contributed by atoms with Crippen LogP contribution < -0.4 is 10.6 Å². The average molecular weight is 299 g/mol. The van der Waals surface area contributed by atoms with Gasteiger partial charge >= 0.3 is 0 Å². The van der Waals surface area contributed by atoms with Gasteiger partial charge in [-0.3, -0.25) is 0 Å². The third kappa shape index (κ3) is 3.87. The molecule has 0 aliphatic carbocycles. The van der Waals surface area contributed by atoms with Crippen molar-refractivity contribution in [1.29, 1.82) is 0 Å². The highest BCUT2D eigenvalue weighted by atomic mass is 35.5. The second-order valence-electron chi connectivity index (χ2n) is 3.71. The van der Waals surface area contributed by atoms with Gasteiger partial charge in [0.1, 0.15) is 11.6 Å². The first kappa shape index (κ1) is 13.7. The SMILES string of the molecule is Fc1ccc(NC(=S)Nc2ccc(F)c(Cl)c2)cc1. The predicted molar refractivity (Wildman–Crippen MR) is 77.7 cm³/mol. The summed E-state index contributed by atoms with van der Waals surface area (Å²) >= 11 is 10.7. The van der Waals surface area contributed by atoms with Gasteiger partial charge in [-0.2, -0.15) is 0 Å². The minimum absolute atomic E-state index is 0.00887. The molecule has 2 N–H and O–H groups in total. The van der Waals surface area contributed by atoms with Crippen LogP contribution in [0.3, 0.4) is 0 Å². The normalized spacial score (nSPS) is 10.1.